The molecule has 0 unspecified atom stereocenters. The number of amides is 1. The number of hydrogen-bond acceptors (Lipinski definition) is 5. The topological polar surface area (TPSA) is 83.0 Å². The maximum atomic E-state index is 14.6. The molecule has 1 N–H and O–H groups in total. The number of hydrogen-bond donors (Lipinski definition) is 1. The quantitative estimate of drug-likeness (QED) is 0.919. The van der Waals surface area contributed by atoms with Gasteiger partial charge < -0.3 is 14.7 Å². The molecule has 4 rings (SSSR count). The molecule has 0 saturated carbocycles. The van der Waals surface area contributed by atoms with Crippen LogP contribution in [-0.2, 0) is 22.6 Å². The highest BCUT2D eigenvalue weighted by Gasteiger charge is 2.37. The van der Waals surface area contributed by atoms with E-state index in [0.29, 0.717) is 18.8 Å². The van der Waals surface area contributed by atoms with Crippen molar-refractivity contribution in [2.24, 2.45) is 0 Å². The largest absolute Gasteiger partial charge is 0.478 e. The number of benzene rings is 1. The summed E-state index contributed by atoms with van der Waals surface area (Å²) in [5, 5.41) is 8.93. The Morgan fingerprint density at radius 3 is 2.84 bits per heavy atom. The molecule has 128 valence electrons. The zero-order chi connectivity index (χ0) is 17.6. The zero-order valence-electron chi connectivity index (χ0n) is 13.1. The lowest BCUT2D eigenvalue weighted by molar-refractivity contribution is -0.144. The molecule has 1 saturated heterocycles. The fourth-order valence-electron chi connectivity index (χ4n) is 3.09. The van der Waals surface area contributed by atoms with Crippen LogP contribution in [0.25, 0.3) is 0 Å². The van der Waals surface area contributed by atoms with Crippen LogP contribution in [0.5, 0.6) is 0 Å². The van der Waals surface area contributed by atoms with Crippen molar-refractivity contribution in [3.63, 3.8) is 0 Å². The number of aromatic nitrogens is 1. The average Bonchev–Trinajstić information content (AvgIpc) is 3.18. The number of carboxylic acids is 1. The molecule has 2 aliphatic heterocycles. The van der Waals surface area contributed by atoms with Gasteiger partial charge >= 0.3 is 12.1 Å². The Labute approximate surface area is 142 Å². The lowest BCUT2D eigenvalue weighted by Gasteiger charge is -2.20. The number of ether oxygens (including phenoxy) is 1. The van der Waals surface area contributed by atoms with Crippen LogP contribution >= 0.6 is 0 Å². The molecule has 1 aromatic carbocycles. The summed E-state index contributed by atoms with van der Waals surface area (Å²) in [7, 11) is 0. The molecule has 0 spiro atoms. The standard InChI is InChI=1S/C17H14FN3O4/c18-12-6-11(21-9-15(16(22)23)25-17(21)24)3-4-14(12)20-7-10-2-1-5-19-13(10)8-20/h1-6,15H,7-9H2,(H,22,23)/t15-/m1/s1. The smallest absolute Gasteiger partial charge is 0.415 e. The van der Waals surface area contributed by atoms with E-state index in [-0.39, 0.29) is 12.2 Å². The van der Waals surface area contributed by atoms with Crippen LogP contribution in [0.2, 0.25) is 0 Å². The summed E-state index contributed by atoms with van der Waals surface area (Å²) in [4.78, 5) is 30.0. The highest BCUT2D eigenvalue weighted by atomic mass is 19.1. The predicted octanol–water partition coefficient (Wildman–Crippen LogP) is 2.15. The maximum Gasteiger partial charge on any atom is 0.415 e. The van der Waals surface area contributed by atoms with E-state index in [1.165, 1.54) is 6.07 Å². The molecule has 1 aromatic heterocycles. The van der Waals surface area contributed by atoms with Gasteiger partial charge in [0.2, 0.25) is 6.10 Å². The number of cyclic esters (lactones) is 1. The van der Waals surface area contributed by atoms with Gasteiger partial charge in [-0.25, -0.2) is 14.0 Å². The van der Waals surface area contributed by atoms with Crippen molar-refractivity contribution in [1.29, 1.82) is 0 Å². The number of aliphatic carboxylic acids is 1. The fourth-order valence-corrected chi connectivity index (χ4v) is 3.09. The van der Waals surface area contributed by atoms with Gasteiger partial charge in [0.15, 0.2) is 0 Å². The molecular weight excluding hydrogens is 329 g/mol. The molecule has 3 heterocycles. The van der Waals surface area contributed by atoms with Crippen LogP contribution in [0.3, 0.4) is 0 Å². The van der Waals surface area contributed by atoms with Crippen LogP contribution in [0.1, 0.15) is 11.3 Å². The molecule has 2 aliphatic rings. The van der Waals surface area contributed by atoms with Gasteiger partial charge in [0.1, 0.15) is 5.82 Å². The highest BCUT2D eigenvalue weighted by Crippen LogP contribution is 2.32. The molecule has 7 nitrogen and oxygen atoms in total. The highest BCUT2D eigenvalue weighted by molar-refractivity contribution is 5.94. The third kappa shape index (κ3) is 2.65. The summed E-state index contributed by atoms with van der Waals surface area (Å²) >= 11 is 0. The minimum Gasteiger partial charge on any atom is -0.478 e. The number of anilines is 2. The Morgan fingerprint density at radius 1 is 1.32 bits per heavy atom. The number of rotatable bonds is 3. The third-order valence-electron chi connectivity index (χ3n) is 4.36. The van der Waals surface area contributed by atoms with Crippen LogP contribution in [0.15, 0.2) is 36.5 Å². The molecule has 2 aromatic rings. The minimum atomic E-state index is -1.24. The summed E-state index contributed by atoms with van der Waals surface area (Å²) in [6.07, 6.45) is -0.327. The zero-order valence-corrected chi connectivity index (χ0v) is 13.1. The molecule has 8 heteroatoms. The second kappa shape index (κ2) is 5.73. The van der Waals surface area contributed by atoms with E-state index in [0.717, 1.165) is 16.2 Å². The monoisotopic (exact) mass is 343 g/mol. The molecule has 0 radical (unpaired) electrons. The van der Waals surface area contributed by atoms with Gasteiger partial charge in [0.25, 0.3) is 0 Å². The van der Waals surface area contributed by atoms with E-state index in [4.69, 9.17) is 9.84 Å². The summed E-state index contributed by atoms with van der Waals surface area (Å²) in [6.45, 7) is 0.928. The Bertz CT molecular complexity index is 848. The normalized spacial score (nSPS) is 19.1. The molecule has 0 aliphatic carbocycles. The summed E-state index contributed by atoms with van der Waals surface area (Å²) in [5.41, 5.74) is 2.64. The Balaban J connectivity index is 1.56. The van der Waals surface area contributed by atoms with Gasteiger partial charge in [0.05, 0.1) is 30.2 Å². The van der Waals surface area contributed by atoms with Gasteiger partial charge in [-0.05, 0) is 29.8 Å². The van der Waals surface area contributed by atoms with E-state index in [1.807, 2.05) is 17.0 Å². The van der Waals surface area contributed by atoms with Crippen LogP contribution in [-0.4, -0.2) is 34.8 Å². The summed E-state index contributed by atoms with van der Waals surface area (Å²) in [5.74, 6) is -1.72. The number of nitrogens with zero attached hydrogens (tertiary/aromatic N) is 3. The second-order valence-electron chi connectivity index (χ2n) is 5.92. The fraction of sp³-hybridized carbons (Fsp3) is 0.235. The van der Waals surface area contributed by atoms with Gasteiger partial charge in [-0.1, -0.05) is 6.07 Å². The summed E-state index contributed by atoms with van der Waals surface area (Å²) < 4.78 is 19.4. The molecule has 25 heavy (non-hydrogen) atoms. The van der Waals surface area contributed by atoms with Gasteiger partial charge in [-0.15, -0.1) is 0 Å². The number of carbonyl (C=O) groups is 2. The van der Waals surface area contributed by atoms with Gasteiger partial charge in [0, 0.05) is 12.7 Å². The Hall–Kier alpha value is -3.16. The van der Waals surface area contributed by atoms with Crippen molar-refractivity contribution >= 4 is 23.4 Å². The van der Waals surface area contributed by atoms with Gasteiger partial charge in [-0.2, -0.15) is 0 Å². The van der Waals surface area contributed by atoms with Gasteiger partial charge in [-0.3, -0.25) is 9.88 Å². The molecular formula is C17H14FN3O4. The van der Waals surface area contributed by atoms with Crippen molar-refractivity contribution in [1.82, 2.24) is 4.98 Å². The van der Waals surface area contributed by atoms with Crippen molar-refractivity contribution < 1.29 is 23.8 Å². The Morgan fingerprint density at radius 2 is 2.16 bits per heavy atom. The van der Waals surface area contributed by atoms with Crippen LogP contribution < -0.4 is 9.80 Å². The lowest BCUT2D eigenvalue weighted by atomic mass is 10.2. The van der Waals surface area contributed by atoms with E-state index < -0.39 is 24.0 Å². The lowest BCUT2D eigenvalue weighted by Crippen LogP contribution is -2.27. The molecule has 1 atom stereocenters. The first-order chi connectivity index (χ1) is 12.0. The molecule has 1 amide bonds. The van der Waals surface area contributed by atoms with Crippen molar-refractivity contribution in [2.45, 2.75) is 19.2 Å². The first kappa shape index (κ1) is 15.4. The summed E-state index contributed by atoms with van der Waals surface area (Å²) in [6, 6.07) is 8.19. The van der Waals surface area contributed by atoms with Crippen LogP contribution in [0, 0.1) is 5.82 Å². The van der Waals surface area contributed by atoms with E-state index in [9.17, 15) is 14.0 Å². The van der Waals surface area contributed by atoms with E-state index in [1.54, 1.807) is 18.3 Å². The van der Waals surface area contributed by atoms with Crippen molar-refractivity contribution in [2.75, 3.05) is 16.3 Å². The first-order valence-electron chi connectivity index (χ1n) is 7.71. The SMILES string of the molecule is O=C(O)[C@H]1CN(c2ccc(N3Cc4cccnc4C3)c(F)c2)C(=O)O1. The number of pyridine rings is 1. The van der Waals surface area contributed by atoms with Crippen LogP contribution in [0.4, 0.5) is 20.6 Å². The number of fused-ring (bicyclic) bond motifs is 1. The molecule has 1 fully saturated rings. The number of carbonyl (C=O) groups excluding carboxylic acids is 1. The molecule has 0 bridgehead atoms. The van der Waals surface area contributed by atoms with Crippen molar-refractivity contribution in [3.05, 3.63) is 53.6 Å². The average molecular weight is 343 g/mol. The number of carboxylic acid groups (broad SMARTS) is 1. The van der Waals surface area contributed by atoms with Crippen molar-refractivity contribution in [3.8, 4) is 0 Å². The van der Waals surface area contributed by atoms with E-state index in [2.05, 4.69) is 4.98 Å². The Kier molecular flexibility index (Phi) is 3.52. The first-order valence-corrected chi connectivity index (χ1v) is 7.71. The minimum absolute atomic E-state index is 0.147. The third-order valence-corrected chi connectivity index (χ3v) is 4.36. The second-order valence-corrected chi connectivity index (χ2v) is 5.92. The maximum absolute atomic E-state index is 14.6. The predicted molar refractivity (Wildman–Crippen MR) is 85.8 cm³/mol. The van der Waals surface area contributed by atoms with E-state index >= 15 is 0 Å². The number of halogens is 1.